The molecule has 0 aliphatic heterocycles. The van der Waals surface area contributed by atoms with Crippen molar-refractivity contribution in [3.8, 4) is 11.8 Å². The van der Waals surface area contributed by atoms with Gasteiger partial charge in [-0.05, 0) is 85.2 Å². The van der Waals surface area contributed by atoms with Gasteiger partial charge >= 0.3 is 5.97 Å². The second-order valence-corrected chi connectivity index (χ2v) is 9.04. The molecule has 1 N–H and O–H groups in total. The van der Waals surface area contributed by atoms with Crippen molar-refractivity contribution >= 4 is 11.7 Å². The largest absolute Gasteiger partial charge is 0.478 e. The van der Waals surface area contributed by atoms with Crippen LogP contribution in [0.1, 0.15) is 65.2 Å². The van der Waals surface area contributed by atoms with Crippen LogP contribution in [0.4, 0.5) is 10.1 Å². The second-order valence-electron chi connectivity index (χ2n) is 9.04. The third-order valence-corrected chi connectivity index (χ3v) is 6.17. The highest BCUT2D eigenvalue weighted by atomic mass is 19.1. The molecular weight excluding hydrogens is 425 g/mol. The molecule has 0 saturated heterocycles. The molecule has 4 heteroatoms. The van der Waals surface area contributed by atoms with Crippen LogP contribution < -0.4 is 4.90 Å². The normalized spacial score (nSPS) is 12.6. The molecule has 174 valence electrons. The van der Waals surface area contributed by atoms with Gasteiger partial charge in [0.05, 0.1) is 5.56 Å². The summed E-state index contributed by atoms with van der Waals surface area (Å²) in [5, 5.41) is 9.30. The Hall–Kier alpha value is -3.58. The highest BCUT2D eigenvalue weighted by Gasteiger charge is 2.25. The topological polar surface area (TPSA) is 40.5 Å². The summed E-state index contributed by atoms with van der Waals surface area (Å²) in [7, 11) is 0. The first-order valence-electron chi connectivity index (χ1n) is 12.0. The number of carboxylic acids is 1. The second kappa shape index (κ2) is 11.0. The fraction of sp³-hybridized carbons (Fsp3) is 0.300. The van der Waals surface area contributed by atoms with Gasteiger partial charge in [0, 0.05) is 29.9 Å². The molecule has 0 radical (unpaired) electrons. The van der Waals surface area contributed by atoms with Gasteiger partial charge in [0.1, 0.15) is 5.82 Å². The Bertz CT molecular complexity index is 1190. The number of unbranched alkanes of at least 4 members (excludes halogenated alkanes) is 1. The zero-order valence-corrected chi connectivity index (χ0v) is 19.6. The summed E-state index contributed by atoms with van der Waals surface area (Å²) in [6, 6.07) is 21.0. The summed E-state index contributed by atoms with van der Waals surface area (Å²) in [5.41, 5.74) is 4.85. The Morgan fingerprint density at radius 1 is 0.971 bits per heavy atom. The van der Waals surface area contributed by atoms with Gasteiger partial charge in [0.2, 0.25) is 0 Å². The summed E-state index contributed by atoms with van der Waals surface area (Å²) in [6.45, 7) is 3.67. The molecule has 0 unspecified atom stereocenters. The van der Waals surface area contributed by atoms with Crippen molar-refractivity contribution < 1.29 is 14.3 Å². The van der Waals surface area contributed by atoms with Gasteiger partial charge < -0.3 is 10.0 Å². The number of hydrogen-bond donors (Lipinski definition) is 1. The number of carboxylic acid groups (broad SMARTS) is 1. The number of benzene rings is 3. The van der Waals surface area contributed by atoms with Crippen LogP contribution in [0.25, 0.3) is 0 Å². The number of aromatic carboxylic acids is 1. The van der Waals surface area contributed by atoms with Gasteiger partial charge in [-0.1, -0.05) is 49.5 Å². The van der Waals surface area contributed by atoms with Gasteiger partial charge in [-0.2, -0.15) is 0 Å². The minimum Gasteiger partial charge on any atom is -0.478 e. The number of nitrogens with zero attached hydrogens (tertiary/aromatic N) is 1. The molecule has 0 bridgehead atoms. The minimum atomic E-state index is -1.25. The Labute approximate surface area is 201 Å². The summed E-state index contributed by atoms with van der Waals surface area (Å²) < 4.78 is 13.9. The van der Waals surface area contributed by atoms with Gasteiger partial charge in [-0.15, -0.1) is 0 Å². The monoisotopic (exact) mass is 455 g/mol. The van der Waals surface area contributed by atoms with Crippen LogP contribution in [0.15, 0.2) is 66.7 Å². The van der Waals surface area contributed by atoms with Crippen LogP contribution in [-0.2, 0) is 13.0 Å². The van der Waals surface area contributed by atoms with Crippen molar-refractivity contribution in [3.05, 3.63) is 100 Å². The molecule has 0 amide bonds. The first-order valence-corrected chi connectivity index (χ1v) is 12.0. The van der Waals surface area contributed by atoms with E-state index < -0.39 is 11.8 Å². The van der Waals surface area contributed by atoms with E-state index in [-0.39, 0.29) is 5.56 Å². The lowest BCUT2D eigenvalue weighted by molar-refractivity contribution is 0.0692. The lowest BCUT2D eigenvalue weighted by atomic mass is 10.1. The quantitative estimate of drug-likeness (QED) is 0.366. The SMILES string of the molecule is CCCCc1ccc(C#Cc2ccc(CN(CC3CC3)c3ccc(F)c(C(=O)O)c3)cc2)cc1. The van der Waals surface area contributed by atoms with Crippen LogP contribution in [0.3, 0.4) is 0 Å². The molecule has 3 aromatic carbocycles. The lowest BCUT2D eigenvalue weighted by Crippen LogP contribution is -2.25. The maximum Gasteiger partial charge on any atom is 0.338 e. The van der Waals surface area contributed by atoms with Crippen molar-refractivity contribution in [2.24, 2.45) is 5.92 Å². The van der Waals surface area contributed by atoms with Crippen LogP contribution in [0.5, 0.6) is 0 Å². The van der Waals surface area contributed by atoms with Crippen molar-refractivity contribution in [2.75, 3.05) is 11.4 Å². The standard InChI is InChI=1S/C30H30FNO2/c1-2-3-4-22-5-7-23(8-6-22)9-10-24-11-13-25(14-12-24)20-32(21-26-15-16-26)27-17-18-29(31)28(19-27)30(33)34/h5-8,11-14,17-19,26H,2-4,15-16,20-21H2,1H3,(H,33,34). The zero-order valence-electron chi connectivity index (χ0n) is 19.6. The van der Waals surface area contributed by atoms with Gasteiger partial charge in [-0.3, -0.25) is 0 Å². The molecule has 0 atom stereocenters. The Morgan fingerprint density at radius 3 is 2.15 bits per heavy atom. The summed E-state index contributed by atoms with van der Waals surface area (Å²) in [5.74, 6) is 5.12. The third-order valence-electron chi connectivity index (χ3n) is 6.17. The Kier molecular flexibility index (Phi) is 7.65. The number of hydrogen-bond acceptors (Lipinski definition) is 2. The third kappa shape index (κ3) is 6.48. The molecule has 34 heavy (non-hydrogen) atoms. The van der Waals surface area contributed by atoms with E-state index in [1.165, 1.54) is 43.4 Å². The number of aryl methyl sites for hydroxylation is 1. The molecule has 0 spiro atoms. The lowest BCUT2D eigenvalue weighted by Gasteiger charge is -2.25. The molecule has 0 heterocycles. The molecular formula is C30H30FNO2. The summed E-state index contributed by atoms with van der Waals surface area (Å²) in [6.07, 6.45) is 5.87. The van der Waals surface area contributed by atoms with E-state index in [0.29, 0.717) is 12.5 Å². The number of anilines is 1. The van der Waals surface area contributed by atoms with Crippen LogP contribution in [-0.4, -0.2) is 17.6 Å². The highest BCUT2D eigenvalue weighted by Crippen LogP contribution is 2.32. The predicted molar refractivity (Wildman–Crippen MR) is 135 cm³/mol. The van der Waals surface area contributed by atoms with Gasteiger partial charge in [0.25, 0.3) is 0 Å². The number of carbonyl (C=O) groups is 1. The van der Waals surface area contributed by atoms with E-state index in [9.17, 15) is 14.3 Å². The molecule has 1 aliphatic carbocycles. The fourth-order valence-electron chi connectivity index (χ4n) is 3.94. The van der Waals surface area contributed by atoms with E-state index in [1.807, 2.05) is 12.1 Å². The molecule has 0 aromatic heterocycles. The van der Waals surface area contributed by atoms with E-state index >= 15 is 0 Å². The van der Waals surface area contributed by atoms with Gasteiger partial charge in [-0.25, -0.2) is 9.18 Å². The Balaban J connectivity index is 1.45. The summed E-state index contributed by atoms with van der Waals surface area (Å²) in [4.78, 5) is 13.5. The zero-order chi connectivity index (χ0) is 23.9. The molecule has 3 nitrogen and oxygen atoms in total. The van der Waals surface area contributed by atoms with E-state index in [1.54, 1.807) is 6.07 Å². The maximum atomic E-state index is 13.9. The average molecular weight is 456 g/mol. The molecule has 4 rings (SSSR count). The van der Waals surface area contributed by atoms with Crippen LogP contribution in [0, 0.1) is 23.6 Å². The Morgan fingerprint density at radius 2 is 1.59 bits per heavy atom. The van der Waals surface area contributed by atoms with Crippen molar-refractivity contribution in [1.82, 2.24) is 0 Å². The fourth-order valence-corrected chi connectivity index (χ4v) is 3.94. The van der Waals surface area contributed by atoms with Crippen LogP contribution >= 0.6 is 0 Å². The number of halogens is 1. The van der Waals surface area contributed by atoms with Gasteiger partial charge in [0.15, 0.2) is 0 Å². The minimum absolute atomic E-state index is 0.290. The average Bonchev–Trinajstić information content (AvgIpc) is 3.67. The molecule has 3 aromatic rings. The predicted octanol–water partition coefficient (Wildman–Crippen LogP) is 6.68. The van der Waals surface area contributed by atoms with E-state index in [2.05, 4.69) is 60.1 Å². The van der Waals surface area contributed by atoms with Crippen molar-refractivity contribution in [3.63, 3.8) is 0 Å². The van der Waals surface area contributed by atoms with E-state index in [4.69, 9.17) is 0 Å². The highest BCUT2D eigenvalue weighted by molar-refractivity contribution is 5.89. The smallest absolute Gasteiger partial charge is 0.338 e. The first-order chi connectivity index (χ1) is 16.5. The maximum absolute atomic E-state index is 13.9. The summed E-state index contributed by atoms with van der Waals surface area (Å²) >= 11 is 0. The molecule has 1 fully saturated rings. The number of rotatable bonds is 9. The first kappa shape index (κ1) is 23.6. The van der Waals surface area contributed by atoms with Crippen LogP contribution in [0.2, 0.25) is 0 Å². The molecule has 1 aliphatic rings. The van der Waals surface area contributed by atoms with Crippen molar-refractivity contribution in [2.45, 2.75) is 45.6 Å². The molecule has 1 saturated carbocycles. The van der Waals surface area contributed by atoms with Crippen molar-refractivity contribution in [1.29, 1.82) is 0 Å². The van der Waals surface area contributed by atoms with E-state index in [0.717, 1.165) is 35.3 Å².